The minimum atomic E-state index is 0.537. The fourth-order valence-electron chi connectivity index (χ4n) is 2.20. The van der Waals surface area contributed by atoms with Gasteiger partial charge in [-0.3, -0.25) is 4.98 Å². The lowest BCUT2D eigenvalue weighted by Crippen LogP contribution is -2.26. The third kappa shape index (κ3) is 4.80. The summed E-state index contributed by atoms with van der Waals surface area (Å²) >= 11 is 0. The number of aromatic nitrogens is 1. The Hall–Kier alpha value is -1.13. The highest BCUT2D eigenvalue weighted by Gasteiger charge is 2.12. The van der Waals surface area contributed by atoms with Gasteiger partial charge in [0, 0.05) is 36.7 Å². The van der Waals surface area contributed by atoms with Gasteiger partial charge in [0.2, 0.25) is 0 Å². The summed E-state index contributed by atoms with van der Waals surface area (Å²) in [6.45, 7) is 8.96. The maximum absolute atomic E-state index is 5.44. The lowest BCUT2D eigenvalue weighted by atomic mass is 10.0. The minimum Gasteiger partial charge on any atom is -0.496 e. The number of hydrogen-bond acceptors (Lipinski definition) is 4. The van der Waals surface area contributed by atoms with Crippen molar-refractivity contribution in [3.63, 3.8) is 0 Å². The van der Waals surface area contributed by atoms with Gasteiger partial charge in [-0.1, -0.05) is 6.92 Å². The Balaban J connectivity index is 2.57. The predicted molar refractivity (Wildman–Crippen MR) is 77.9 cm³/mol. The van der Waals surface area contributed by atoms with Gasteiger partial charge >= 0.3 is 0 Å². The van der Waals surface area contributed by atoms with Gasteiger partial charge in [0.1, 0.15) is 5.75 Å². The number of hydrogen-bond donors (Lipinski definition) is 1. The lowest BCUT2D eigenvalue weighted by Gasteiger charge is -2.16. The normalized spacial score (nSPS) is 12.5. The van der Waals surface area contributed by atoms with Crippen molar-refractivity contribution < 1.29 is 9.47 Å². The molecule has 0 aliphatic heterocycles. The molecule has 0 bridgehead atoms. The maximum Gasteiger partial charge on any atom is 0.128 e. The second-order valence-electron chi connectivity index (χ2n) is 5.05. The highest BCUT2D eigenvalue weighted by atomic mass is 16.5. The van der Waals surface area contributed by atoms with Crippen LogP contribution in [0.4, 0.5) is 0 Å². The topological polar surface area (TPSA) is 43.4 Å². The Morgan fingerprint density at radius 1 is 1.32 bits per heavy atom. The molecule has 0 aliphatic carbocycles. The van der Waals surface area contributed by atoms with Gasteiger partial charge in [0.15, 0.2) is 0 Å². The molecule has 1 unspecified atom stereocenters. The average molecular weight is 266 g/mol. The molecular formula is C15H26N2O2. The summed E-state index contributed by atoms with van der Waals surface area (Å²) in [7, 11) is 3.44. The van der Waals surface area contributed by atoms with Gasteiger partial charge in [-0.15, -0.1) is 0 Å². The molecule has 0 saturated heterocycles. The van der Waals surface area contributed by atoms with E-state index in [-0.39, 0.29) is 0 Å². The van der Waals surface area contributed by atoms with E-state index in [4.69, 9.17) is 9.47 Å². The van der Waals surface area contributed by atoms with Crippen LogP contribution in [-0.2, 0) is 11.2 Å². The van der Waals surface area contributed by atoms with Crippen molar-refractivity contribution in [2.45, 2.75) is 27.2 Å². The number of pyridine rings is 1. The average Bonchev–Trinajstić information content (AvgIpc) is 2.39. The predicted octanol–water partition coefficient (Wildman–Crippen LogP) is 2.12. The van der Waals surface area contributed by atoms with E-state index in [0.29, 0.717) is 5.92 Å². The van der Waals surface area contributed by atoms with Crippen LogP contribution in [0.15, 0.2) is 6.20 Å². The zero-order chi connectivity index (χ0) is 14.3. The summed E-state index contributed by atoms with van der Waals surface area (Å²) in [5.74, 6) is 1.50. The van der Waals surface area contributed by atoms with Gasteiger partial charge in [-0.25, -0.2) is 0 Å². The summed E-state index contributed by atoms with van der Waals surface area (Å²) in [6.07, 6.45) is 2.86. The SMILES string of the molecule is COCCNCC(C)Cc1ncc(C)c(OC)c1C. The molecular weight excluding hydrogens is 240 g/mol. The molecule has 1 aromatic rings. The minimum absolute atomic E-state index is 0.537. The van der Waals surface area contributed by atoms with Crippen molar-refractivity contribution in [1.29, 1.82) is 0 Å². The molecule has 1 aromatic heterocycles. The van der Waals surface area contributed by atoms with Gasteiger partial charge in [-0.2, -0.15) is 0 Å². The first-order valence-electron chi connectivity index (χ1n) is 6.78. The van der Waals surface area contributed by atoms with E-state index in [1.165, 1.54) is 0 Å². The van der Waals surface area contributed by atoms with E-state index in [1.807, 2.05) is 13.1 Å². The molecule has 1 atom stereocenters. The zero-order valence-electron chi connectivity index (χ0n) is 12.7. The van der Waals surface area contributed by atoms with E-state index < -0.39 is 0 Å². The van der Waals surface area contributed by atoms with Crippen LogP contribution in [-0.4, -0.2) is 38.9 Å². The van der Waals surface area contributed by atoms with Crippen molar-refractivity contribution in [2.24, 2.45) is 5.92 Å². The number of aryl methyl sites for hydroxylation is 1. The summed E-state index contributed by atoms with van der Waals surface area (Å²) in [6, 6.07) is 0. The molecule has 108 valence electrons. The molecule has 0 aliphatic rings. The van der Waals surface area contributed by atoms with Crippen LogP contribution in [0.5, 0.6) is 5.75 Å². The van der Waals surface area contributed by atoms with E-state index in [9.17, 15) is 0 Å². The van der Waals surface area contributed by atoms with Crippen LogP contribution < -0.4 is 10.1 Å². The molecule has 19 heavy (non-hydrogen) atoms. The molecule has 4 heteroatoms. The van der Waals surface area contributed by atoms with Crippen LogP contribution in [0, 0.1) is 19.8 Å². The van der Waals surface area contributed by atoms with Crippen LogP contribution >= 0.6 is 0 Å². The van der Waals surface area contributed by atoms with Gasteiger partial charge < -0.3 is 14.8 Å². The monoisotopic (exact) mass is 266 g/mol. The molecule has 0 spiro atoms. The Kier molecular flexibility index (Phi) is 6.81. The van der Waals surface area contributed by atoms with Crippen LogP contribution in [0.2, 0.25) is 0 Å². The Labute approximate surface area is 116 Å². The van der Waals surface area contributed by atoms with Gasteiger partial charge in [-0.05, 0) is 32.7 Å². The first kappa shape index (κ1) is 15.9. The second-order valence-corrected chi connectivity index (χ2v) is 5.05. The fraction of sp³-hybridized carbons (Fsp3) is 0.667. The first-order valence-corrected chi connectivity index (χ1v) is 6.78. The highest BCUT2D eigenvalue weighted by Crippen LogP contribution is 2.25. The molecule has 0 amide bonds. The van der Waals surface area contributed by atoms with E-state index in [2.05, 4.69) is 24.1 Å². The molecule has 1 N–H and O–H groups in total. The van der Waals surface area contributed by atoms with E-state index in [1.54, 1.807) is 14.2 Å². The molecule has 1 heterocycles. The quantitative estimate of drug-likeness (QED) is 0.732. The number of nitrogens with one attached hydrogen (secondary N) is 1. The third-order valence-corrected chi connectivity index (χ3v) is 3.27. The van der Waals surface area contributed by atoms with Crippen molar-refractivity contribution in [2.75, 3.05) is 33.9 Å². The standard InChI is InChI=1S/C15H26N2O2/c1-11(9-16-6-7-18-4)8-14-13(3)15(19-5)12(2)10-17-14/h10-11,16H,6-9H2,1-5H3. The first-order chi connectivity index (χ1) is 9.10. The van der Waals surface area contributed by atoms with Crippen LogP contribution in [0.3, 0.4) is 0 Å². The molecule has 0 fully saturated rings. The van der Waals surface area contributed by atoms with Crippen molar-refractivity contribution in [1.82, 2.24) is 10.3 Å². The molecule has 0 radical (unpaired) electrons. The summed E-state index contributed by atoms with van der Waals surface area (Å²) in [5.41, 5.74) is 3.38. The van der Waals surface area contributed by atoms with Crippen molar-refractivity contribution in [3.8, 4) is 5.75 Å². The molecule has 0 saturated carbocycles. The number of methoxy groups -OCH3 is 2. The highest BCUT2D eigenvalue weighted by molar-refractivity contribution is 5.41. The second kappa shape index (κ2) is 8.12. The third-order valence-electron chi connectivity index (χ3n) is 3.27. The number of nitrogens with zero attached hydrogens (tertiary/aromatic N) is 1. The van der Waals surface area contributed by atoms with Gasteiger partial charge in [0.25, 0.3) is 0 Å². The molecule has 0 aromatic carbocycles. The summed E-state index contributed by atoms with van der Waals surface area (Å²) in [5, 5.41) is 3.38. The van der Waals surface area contributed by atoms with Crippen LogP contribution in [0.1, 0.15) is 23.7 Å². The Morgan fingerprint density at radius 2 is 2.05 bits per heavy atom. The summed E-state index contributed by atoms with van der Waals surface area (Å²) in [4.78, 5) is 4.54. The van der Waals surface area contributed by atoms with Gasteiger partial charge in [0.05, 0.1) is 13.7 Å². The van der Waals surface area contributed by atoms with Crippen LogP contribution in [0.25, 0.3) is 0 Å². The Morgan fingerprint density at radius 3 is 2.68 bits per heavy atom. The Bertz CT molecular complexity index is 394. The van der Waals surface area contributed by atoms with E-state index in [0.717, 1.165) is 48.7 Å². The number of ether oxygens (including phenoxy) is 2. The van der Waals surface area contributed by atoms with Crippen molar-refractivity contribution >= 4 is 0 Å². The molecule has 1 rings (SSSR count). The lowest BCUT2D eigenvalue weighted by molar-refractivity contribution is 0.198. The fourth-order valence-corrected chi connectivity index (χ4v) is 2.20. The molecule has 4 nitrogen and oxygen atoms in total. The van der Waals surface area contributed by atoms with Crippen molar-refractivity contribution in [3.05, 3.63) is 23.0 Å². The number of rotatable bonds is 8. The largest absolute Gasteiger partial charge is 0.496 e. The smallest absolute Gasteiger partial charge is 0.128 e. The summed E-state index contributed by atoms with van der Waals surface area (Å²) < 4.78 is 10.5. The maximum atomic E-state index is 5.44. The zero-order valence-corrected chi connectivity index (χ0v) is 12.7. The van der Waals surface area contributed by atoms with E-state index >= 15 is 0 Å².